The van der Waals surface area contributed by atoms with E-state index in [4.69, 9.17) is 5.11 Å². The summed E-state index contributed by atoms with van der Waals surface area (Å²) in [4.78, 5) is 27.2. The van der Waals surface area contributed by atoms with Gasteiger partial charge in [0, 0.05) is 37.9 Å². The standard InChI is InChI=1S/C20H22FN3O3/c1-14-13-23(18-4-2-3-17(21)11-18)9-10-24(14)20(27)22-12-15-5-7-16(8-6-15)19(25)26/h2-8,11,14H,9-10,12-13H2,1H3,(H,22,27)(H,25,26). The predicted octanol–water partition coefficient (Wildman–Crippen LogP) is 2.94. The topological polar surface area (TPSA) is 72.9 Å². The van der Waals surface area contributed by atoms with Crippen molar-refractivity contribution in [2.45, 2.75) is 19.5 Å². The van der Waals surface area contributed by atoms with Crippen molar-refractivity contribution in [2.24, 2.45) is 0 Å². The molecule has 0 saturated carbocycles. The number of nitrogens with one attached hydrogen (secondary N) is 1. The Balaban J connectivity index is 1.54. The van der Waals surface area contributed by atoms with E-state index in [0.29, 0.717) is 26.2 Å². The average Bonchev–Trinajstić information content (AvgIpc) is 2.66. The molecule has 1 aliphatic rings. The molecule has 2 amide bonds. The maximum atomic E-state index is 13.4. The van der Waals surface area contributed by atoms with E-state index < -0.39 is 5.97 Å². The summed E-state index contributed by atoms with van der Waals surface area (Å²) in [5, 5.41) is 11.8. The van der Waals surface area contributed by atoms with Gasteiger partial charge in [0.05, 0.1) is 5.56 Å². The van der Waals surface area contributed by atoms with E-state index in [1.54, 1.807) is 23.1 Å². The van der Waals surface area contributed by atoms with Gasteiger partial charge in [-0.25, -0.2) is 14.0 Å². The van der Waals surface area contributed by atoms with Crippen LogP contribution < -0.4 is 10.2 Å². The van der Waals surface area contributed by atoms with Gasteiger partial charge in [-0.2, -0.15) is 0 Å². The number of benzene rings is 2. The fraction of sp³-hybridized carbons (Fsp3) is 0.300. The average molecular weight is 371 g/mol. The third-order valence-corrected chi connectivity index (χ3v) is 4.71. The van der Waals surface area contributed by atoms with Crippen LogP contribution in [0.2, 0.25) is 0 Å². The SMILES string of the molecule is CC1CN(c2cccc(F)c2)CCN1C(=O)NCc1ccc(C(=O)O)cc1. The first-order valence-electron chi connectivity index (χ1n) is 8.81. The van der Waals surface area contributed by atoms with E-state index in [-0.39, 0.29) is 23.5 Å². The zero-order valence-electron chi connectivity index (χ0n) is 15.1. The minimum absolute atomic E-state index is 0.0172. The summed E-state index contributed by atoms with van der Waals surface area (Å²) < 4.78 is 13.4. The van der Waals surface area contributed by atoms with Crippen molar-refractivity contribution in [3.05, 3.63) is 65.5 Å². The Morgan fingerprint density at radius 3 is 2.56 bits per heavy atom. The number of aromatic carboxylic acids is 1. The summed E-state index contributed by atoms with van der Waals surface area (Å²) in [6.07, 6.45) is 0. The fourth-order valence-electron chi connectivity index (χ4n) is 3.21. The Hall–Kier alpha value is -3.09. The summed E-state index contributed by atoms with van der Waals surface area (Å²) in [5.41, 5.74) is 1.87. The molecule has 2 aromatic carbocycles. The highest BCUT2D eigenvalue weighted by molar-refractivity contribution is 5.87. The molecule has 142 valence electrons. The number of carbonyl (C=O) groups is 2. The molecule has 1 fully saturated rings. The summed E-state index contributed by atoms with van der Waals surface area (Å²) >= 11 is 0. The lowest BCUT2D eigenvalue weighted by Crippen LogP contribution is -2.56. The van der Waals surface area contributed by atoms with Crippen molar-refractivity contribution in [2.75, 3.05) is 24.5 Å². The Morgan fingerprint density at radius 1 is 1.19 bits per heavy atom. The van der Waals surface area contributed by atoms with Crippen LogP contribution in [0.15, 0.2) is 48.5 Å². The number of carboxylic acids is 1. The number of carboxylic acid groups (broad SMARTS) is 1. The van der Waals surface area contributed by atoms with Crippen LogP contribution in [-0.4, -0.2) is 47.7 Å². The number of hydrogen-bond acceptors (Lipinski definition) is 3. The Kier molecular flexibility index (Phi) is 5.59. The molecular formula is C20H22FN3O3. The van der Waals surface area contributed by atoms with Crippen molar-refractivity contribution in [3.8, 4) is 0 Å². The van der Waals surface area contributed by atoms with Crippen LogP contribution in [0.3, 0.4) is 0 Å². The van der Waals surface area contributed by atoms with Crippen LogP contribution in [0, 0.1) is 5.82 Å². The molecular weight excluding hydrogens is 349 g/mol. The minimum Gasteiger partial charge on any atom is -0.478 e. The lowest BCUT2D eigenvalue weighted by atomic mass is 10.1. The number of anilines is 1. The highest BCUT2D eigenvalue weighted by Crippen LogP contribution is 2.20. The Bertz CT molecular complexity index is 825. The largest absolute Gasteiger partial charge is 0.478 e. The molecule has 2 aromatic rings. The number of halogens is 1. The number of urea groups is 1. The Labute approximate surface area is 157 Å². The highest BCUT2D eigenvalue weighted by atomic mass is 19.1. The van der Waals surface area contributed by atoms with Gasteiger partial charge in [0.15, 0.2) is 0 Å². The highest BCUT2D eigenvalue weighted by Gasteiger charge is 2.27. The smallest absolute Gasteiger partial charge is 0.335 e. The van der Waals surface area contributed by atoms with Crippen molar-refractivity contribution in [3.63, 3.8) is 0 Å². The number of hydrogen-bond donors (Lipinski definition) is 2. The third kappa shape index (κ3) is 4.55. The number of rotatable bonds is 4. The second-order valence-corrected chi connectivity index (χ2v) is 6.63. The number of nitrogens with zero attached hydrogens (tertiary/aromatic N) is 2. The van der Waals surface area contributed by atoms with Crippen molar-refractivity contribution < 1.29 is 19.1 Å². The van der Waals surface area contributed by atoms with Crippen LogP contribution in [-0.2, 0) is 6.54 Å². The van der Waals surface area contributed by atoms with Crippen LogP contribution >= 0.6 is 0 Å². The van der Waals surface area contributed by atoms with Crippen molar-refractivity contribution >= 4 is 17.7 Å². The molecule has 2 N–H and O–H groups in total. The van der Waals surface area contributed by atoms with E-state index in [0.717, 1.165) is 11.3 Å². The zero-order valence-corrected chi connectivity index (χ0v) is 15.1. The van der Waals surface area contributed by atoms with E-state index in [1.165, 1.54) is 24.3 Å². The third-order valence-electron chi connectivity index (χ3n) is 4.71. The molecule has 1 saturated heterocycles. The van der Waals surface area contributed by atoms with Crippen LogP contribution in [0.5, 0.6) is 0 Å². The second kappa shape index (κ2) is 8.07. The quantitative estimate of drug-likeness (QED) is 0.867. The number of amides is 2. The van der Waals surface area contributed by atoms with E-state index in [2.05, 4.69) is 10.2 Å². The van der Waals surface area contributed by atoms with Crippen LogP contribution in [0.25, 0.3) is 0 Å². The first-order chi connectivity index (χ1) is 12.9. The first kappa shape index (κ1) is 18.7. The van der Waals surface area contributed by atoms with Gasteiger partial charge in [0.2, 0.25) is 0 Å². The molecule has 27 heavy (non-hydrogen) atoms. The molecule has 3 rings (SSSR count). The molecule has 0 spiro atoms. The predicted molar refractivity (Wildman–Crippen MR) is 100 cm³/mol. The maximum Gasteiger partial charge on any atom is 0.335 e. The van der Waals surface area contributed by atoms with Gasteiger partial charge in [-0.15, -0.1) is 0 Å². The lowest BCUT2D eigenvalue weighted by molar-refractivity contribution is 0.0696. The molecule has 1 heterocycles. The van der Waals surface area contributed by atoms with Crippen molar-refractivity contribution in [1.29, 1.82) is 0 Å². The summed E-state index contributed by atoms with van der Waals surface area (Å²) in [6.45, 7) is 4.10. The van der Waals surface area contributed by atoms with Gasteiger partial charge in [0.1, 0.15) is 5.82 Å². The zero-order chi connectivity index (χ0) is 19.4. The normalized spacial score (nSPS) is 16.9. The van der Waals surface area contributed by atoms with Crippen LogP contribution in [0.1, 0.15) is 22.8 Å². The number of carbonyl (C=O) groups excluding carboxylic acids is 1. The fourth-order valence-corrected chi connectivity index (χ4v) is 3.21. The first-order valence-corrected chi connectivity index (χ1v) is 8.81. The lowest BCUT2D eigenvalue weighted by Gasteiger charge is -2.40. The molecule has 1 aliphatic heterocycles. The minimum atomic E-state index is -0.976. The van der Waals surface area contributed by atoms with E-state index >= 15 is 0 Å². The molecule has 6 nitrogen and oxygen atoms in total. The second-order valence-electron chi connectivity index (χ2n) is 6.63. The monoisotopic (exact) mass is 371 g/mol. The molecule has 0 bridgehead atoms. The molecule has 1 unspecified atom stereocenters. The molecule has 7 heteroatoms. The summed E-state index contributed by atoms with van der Waals surface area (Å²) in [7, 11) is 0. The van der Waals surface area contributed by atoms with Gasteiger partial charge in [0.25, 0.3) is 0 Å². The maximum absolute atomic E-state index is 13.4. The van der Waals surface area contributed by atoms with Gasteiger partial charge in [-0.05, 0) is 42.8 Å². The summed E-state index contributed by atoms with van der Waals surface area (Å²) in [5.74, 6) is -1.25. The molecule has 1 atom stereocenters. The molecule has 0 aromatic heterocycles. The molecule has 0 aliphatic carbocycles. The van der Waals surface area contributed by atoms with Gasteiger partial charge in [-0.1, -0.05) is 18.2 Å². The van der Waals surface area contributed by atoms with Gasteiger partial charge in [-0.3, -0.25) is 0 Å². The van der Waals surface area contributed by atoms with E-state index in [9.17, 15) is 14.0 Å². The Morgan fingerprint density at radius 2 is 1.93 bits per heavy atom. The molecule has 0 radical (unpaired) electrons. The van der Waals surface area contributed by atoms with Crippen LogP contribution in [0.4, 0.5) is 14.9 Å². The van der Waals surface area contributed by atoms with Gasteiger partial charge >= 0.3 is 12.0 Å². The van der Waals surface area contributed by atoms with Gasteiger partial charge < -0.3 is 20.2 Å². The number of piperazine rings is 1. The van der Waals surface area contributed by atoms with E-state index in [1.807, 2.05) is 13.0 Å². The summed E-state index contributed by atoms with van der Waals surface area (Å²) in [6, 6.07) is 12.7. The van der Waals surface area contributed by atoms with Crippen molar-refractivity contribution in [1.82, 2.24) is 10.2 Å².